The molecule has 0 bridgehead atoms. The van der Waals surface area contributed by atoms with Crippen LogP contribution in [-0.2, 0) is 26.9 Å². The predicted octanol–water partition coefficient (Wildman–Crippen LogP) is 2.25. The third-order valence-electron chi connectivity index (χ3n) is 4.93. The number of aromatic nitrogens is 4. The van der Waals surface area contributed by atoms with E-state index in [0.717, 1.165) is 34.3 Å². The molecule has 1 fully saturated rings. The van der Waals surface area contributed by atoms with Gasteiger partial charge in [0.25, 0.3) is 0 Å². The van der Waals surface area contributed by atoms with Crippen molar-refractivity contribution in [2.75, 3.05) is 25.6 Å². The molecule has 1 amide bonds. The number of aryl methyl sites for hydroxylation is 1. The van der Waals surface area contributed by atoms with Gasteiger partial charge in [-0.05, 0) is 6.07 Å². The highest BCUT2D eigenvalue weighted by molar-refractivity contribution is 5.98. The standard InChI is InChI=1S/C19H21N5O3/c1-12(25)22-18-6-13-14(10-24(2)16(13)8-21-18)15-7-20-9-17(23-15)19(26-3)4-5-27-11-19/h6-10H,4-5,11H2,1-3H3,(H,21,22,25)/t19-/m1/s1. The van der Waals surface area contributed by atoms with E-state index in [1.807, 2.05) is 23.9 Å². The van der Waals surface area contributed by atoms with Crippen LogP contribution in [-0.4, -0.2) is 45.7 Å². The lowest BCUT2D eigenvalue weighted by molar-refractivity contribution is -0.114. The zero-order chi connectivity index (χ0) is 19.0. The van der Waals surface area contributed by atoms with Gasteiger partial charge in [0.2, 0.25) is 5.91 Å². The molecule has 4 rings (SSSR count). The first-order valence-electron chi connectivity index (χ1n) is 8.71. The Morgan fingerprint density at radius 2 is 2.22 bits per heavy atom. The molecule has 4 heterocycles. The van der Waals surface area contributed by atoms with E-state index in [4.69, 9.17) is 14.5 Å². The van der Waals surface area contributed by atoms with E-state index in [-0.39, 0.29) is 5.91 Å². The van der Waals surface area contributed by atoms with Crippen molar-refractivity contribution in [1.29, 1.82) is 0 Å². The van der Waals surface area contributed by atoms with Crippen LogP contribution in [0.2, 0.25) is 0 Å². The molecule has 0 unspecified atom stereocenters. The van der Waals surface area contributed by atoms with Crippen LogP contribution in [0.3, 0.4) is 0 Å². The molecule has 8 heteroatoms. The van der Waals surface area contributed by atoms with Gasteiger partial charge in [0.1, 0.15) is 11.4 Å². The number of nitrogens with zero attached hydrogens (tertiary/aromatic N) is 4. The van der Waals surface area contributed by atoms with Crippen LogP contribution in [0.25, 0.3) is 22.2 Å². The van der Waals surface area contributed by atoms with Gasteiger partial charge in [0.15, 0.2) is 0 Å². The van der Waals surface area contributed by atoms with Gasteiger partial charge in [-0.2, -0.15) is 0 Å². The van der Waals surface area contributed by atoms with Crippen molar-refractivity contribution in [3.63, 3.8) is 0 Å². The van der Waals surface area contributed by atoms with E-state index in [9.17, 15) is 4.79 Å². The summed E-state index contributed by atoms with van der Waals surface area (Å²) in [6, 6.07) is 1.85. The lowest BCUT2D eigenvalue weighted by atomic mass is 9.98. The molecule has 27 heavy (non-hydrogen) atoms. The highest BCUT2D eigenvalue weighted by Crippen LogP contribution is 2.35. The number of hydrogen-bond donors (Lipinski definition) is 1. The first kappa shape index (κ1) is 17.6. The Bertz CT molecular complexity index is 1010. The molecule has 8 nitrogen and oxygen atoms in total. The summed E-state index contributed by atoms with van der Waals surface area (Å²) in [5.74, 6) is 0.341. The maximum absolute atomic E-state index is 11.4. The summed E-state index contributed by atoms with van der Waals surface area (Å²) in [4.78, 5) is 24.9. The number of pyridine rings is 1. The largest absolute Gasteiger partial charge is 0.378 e. The number of rotatable bonds is 4. The first-order valence-corrected chi connectivity index (χ1v) is 8.71. The smallest absolute Gasteiger partial charge is 0.222 e. The third kappa shape index (κ3) is 3.07. The second kappa shape index (κ2) is 6.71. The molecule has 1 saturated heterocycles. The number of ether oxygens (including phenoxy) is 2. The van der Waals surface area contributed by atoms with E-state index in [2.05, 4.69) is 15.3 Å². The average molecular weight is 367 g/mol. The van der Waals surface area contributed by atoms with Crippen molar-refractivity contribution < 1.29 is 14.3 Å². The molecule has 0 aromatic carbocycles. The average Bonchev–Trinajstić information content (AvgIpc) is 3.27. The zero-order valence-corrected chi connectivity index (χ0v) is 15.5. The zero-order valence-electron chi connectivity index (χ0n) is 15.5. The number of nitrogens with one attached hydrogen (secondary N) is 1. The monoisotopic (exact) mass is 367 g/mol. The van der Waals surface area contributed by atoms with Gasteiger partial charge < -0.3 is 19.4 Å². The van der Waals surface area contributed by atoms with Crippen LogP contribution in [0.15, 0.2) is 30.9 Å². The number of anilines is 1. The number of carbonyl (C=O) groups excluding carboxylic acids is 1. The molecule has 0 radical (unpaired) electrons. The summed E-state index contributed by atoms with van der Waals surface area (Å²) >= 11 is 0. The summed E-state index contributed by atoms with van der Waals surface area (Å²) in [7, 11) is 3.62. The highest BCUT2D eigenvalue weighted by atomic mass is 16.5. The van der Waals surface area contributed by atoms with Gasteiger partial charge in [-0.25, -0.2) is 9.97 Å². The van der Waals surface area contributed by atoms with Gasteiger partial charge >= 0.3 is 0 Å². The normalized spacial score (nSPS) is 19.5. The fourth-order valence-electron chi connectivity index (χ4n) is 3.46. The Morgan fingerprint density at radius 3 is 2.93 bits per heavy atom. The summed E-state index contributed by atoms with van der Waals surface area (Å²) in [6.45, 7) is 2.56. The van der Waals surface area contributed by atoms with Crippen molar-refractivity contribution >= 4 is 22.6 Å². The second-order valence-corrected chi connectivity index (χ2v) is 6.71. The molecule has 3 aromatic rings. The molecule has 1 aliphatic heterocycles. The highest BCUT2D eigenvalue weighted by Gasteiger charge is 2.38. The summed E-state index contributed by atoms with van der Waals surface area (Å²) in [6.07, 6.45) is 7.94. The van der Waals surface area contributed by atoms with Gasteiger partial charge in [-0.3, -0.25) is 9.78 Å². The van der Waals surface area contributed by atoms with E-state index in [1.54, 1.807) is 25.7 Å². The molecule has 1 atom stereocenters. The number of hydrogen-bond acceptors (Lipinski definition) is 6. The quantitative estimate of drug-likeness (QED) is 0.760. The van der Waals surface area contributed by atoms with E-state index in [0.29, 0.717) is 19.0 Å². The Labute approximate surface area is 156 Å². The lowest BCUT2D eigenvalue weighted by Gasteiger charge is -2.24. The molecule has 0 saturated carbocycles. The van der Waals surface area contributed by atoms with Gasteiger partial charge in [-0.15, -0.1) is 0 Å². The first-order chi connectivity index (χ1) is 13.0. The van der Waals surface area contributed by atoms with E-state index >= 15 is 0 Å². The predicted molar refractivity (Wildman–Crippen MR) is 100 cm³/mol. The van der Waals surface area contributed by atoms with Crippen molar-refractivity contribution in [2.45, 2.75) is 18.9 Å². The fourth-order valence-corrected chi connectivity index (χ4v) is 3.46. The maximum Gasteiger partial charge on any atom is 0.222 e. The van der Waals surface area contributed by atoms with Crippen molar-refractivity contribution in [1.82, 2.24) is 19.5 Å². The molecule has 3 aromatic heterocycles. The molecule has 1 N–H and O–H groups in total. The molecular weight excluding hydrogens is 346 g/mol. The number of amides is 1. The van der Waals surface area contributed by atoms with E-state index in [1.165, 1.54) is 6.92 Å². The lowest BCUT2D eigenvalue weighted by Crippen LogP contribution is -2.30. The van der Waals surface area contributed by atoms with Crippen molar-refractivity contribution in [2.24, 2.45) is 7.05 Å². The summed E-state index contributed by atoms with van der Waals surface area (Å²) in [5, 5.41) is 3.67. The topological polar surface area (TPSA) is 91.2 Å². The fraction of sp³-hybridized carbons (Fsp3) is 0.368. The Kier molecular flexibility index (Phi) is 4.37. The number of fused-ring (bicyclic) bond motifs is 1. The molecular formula is C19H21N5O3. The van der Waals surface area contributed by atoms with Crippen LogP contribution in [0, 0.1) is 0 Å². The molecule has 1 aliphatic rings. The minimum Gasteiger partial charge on any atom is -0.378 e. The van der Waals surface area contributed by atoms with Crippen LogP contribution in [0.4, 0.5) is 5.82 Å². The van der Waals surface area contributed by atoms with Crippen LogP contribution >= 0.6 is 0 Å². The van der Waals surface area contributed by atoms with Crippen molar-refractivity contribution in [3.05, 3.63) is 36.5 Å². The second-order valence-electron chi connectivity index (χ2n) is 6.71. The summed E-state index contributed by atoms with van der Waals surface area (Å²) < 4.78 is 13.3. The third-order valence-corrected chi connectivity index (χ3v) is 4.93. The Hall–Kier alpha value is -2.84. The van der Waals surface area contributed by atoms with Crippen LogP contribution in [0.5, 0.6) is 0 Å². The van der Waals surface area contributed by atoms with Gasteiger partial charge in [0.05, 0.1) is 42.1 Å². The molecule has 140 valence electrons. The van der Waals surface area contributed by atoms with Gasteiger partial charge in [-0.1, -0.05) is 0 Å². The molecule has 0 aliphatic carbocycles. The molecule has 0 spiro atoms. The summed E-state index contributed by atoms with van der Waals surface area (Å²) in [5.41, 5.74) is 2.80. The minimum atomic E-state index is -0.559. The Balaban J connectivity index is 1.82. The van der Waals surface area contributed by atoms with Crippen LogP contribution in [0.1, 0.15) is 19.0 Å². The SMILES string of the molecule is CO[C@]1(c2cncc(-c3cn(C)c4cnc(NC(C)=O)cc34)n2)CCOC1. The minimum absolute atomic E-state index is 0.163. The number of carbonyl (C=O) groups is 1. The van der Waals surface area contributed by atoms with E-state index < -0.39 is 5.60 Å². The van der Waals surface area contributed by atoms with Crippen LogP contribution < -0.4 is 5.32 Å². The van der Waals surface area contributed by atoms with Gasteiger partial charge in [0, 0.05) is 51.3 Å². The Morgan fingerprint density at radius 1 is 1.37 bits per heavy atom. The maximum atomic E-state index is 11.4. The van der Waals surface area contributed by atoms with Crippen molar-refractivity contribution in [3.8, 4) is 11.3 Å². The number of methoxy groups -OCH3 is 1.